The molecule has 4 nitrogen and oxygen atoms in total. The van der Waals surface area contributed by atoms with Gasteiger partial charge in [-0.1, -0.05) is 32.4 Å². The molecule has 0 fully saturated rings. The van der Waals surface area contributed by atoms with E-state index >= 15 is 0 Å². The molecule has 0 N–H and O–H groups in total. The maximum absolute atomic E-state index is 12.4. The highest BCUT2D eigenvalue weighted by molar-refractivity contribution is 5.75. The SMILES string of the molecule is CCC(C)CN(C)C(=O)N1Cc2cccc(C#N)c2C1. The van der Waals surface area contributed by atoms with Crippen molar-refractivity contribution in [3.8, 4) is 6.07 Å². The van der Waals surface area contributed by atoms with Gasteiger partial charge in [-0.3, -0.25) is 0 Å². The summed E-state index contributed by atoms with van der Waals surface area (Å²) in [5, 5.41) is 9.12. The highest BCUT2D eigenvalue weighted by atomic mass is 16.2. The molecule has 0 spiro atoms. The summed E-state index contributed by atoms with van der Waals surface area (Å²) in [6.45, 7) is 6.20. The fraction of sp³-hybridized carbons (Fsp3) is 0.500. The Labute approximate surface area is 120 Å². The van der Waals surface area contributed by atoms with E-state index in [2.05, 4.69) is 19.9 Å². The van der Waals surface area contributed by atoms with Crippen molar-refractivity contribution in [2.45, 2.75) is 33.4 Å². The summed E-state index contributed by atoms with van der Waals surface area (Å²) < 4.78 is 0. The van der Waals surface area contributed by atoms with E-state index in [0.717, 1.165) is 24.1 Å². The van der Waals surface area contributed by atoms with Crippen LogP contribution in [0.5, 0.6) is 0 Å². The van der Waals surface area contributed by atoms with Crippen LogP contribution in [-0.2, 0) is 13.1 Å². The van der Waals surface area contributed by atoms with Crippen molar-refractivity contribution in [1.29, 1.82) is 5.26 Å². The van der Waals surface area contributed by atoms with E-state index in [1.54, 1.807) is 4.90 Å². The van der Waals surface area contributed by atoms with Crippen molar-refractivity contribution in [2.24, 2.45) is 5.92 Å². The maximum atomic E-state index is 12.4. The number of urea groups is 1. The average molecular weight is 271 g/mol. The van der Waals surface area contributed by atoms with Crippen LogP contribution in [0.3, 0.4) is 0 Å². The smallest absolute Gasteiger partial charge is 0.320 e. The quantitative estimate of drug-likeness (QED) is 0.848. The minimum Gasteiger partial charge on any atom is -0.327 e. The Balaban J connectivity index is 2.07. The minimum absolute atomic E-state index is 0.0467. The molecule has 1 aromatic carbocycles. The van der Waals surface area contributed by atoms with E-state index in [0.29, 0.717) is 24.6 Å². The van der Waals surface area contributed by atoms with Crippen LogP contribution < -0.4 is 0 Å². The van der Waals surface area contributed by atoms with Gasteiger partial charge in [-0.2, -0.15) is 5.26 Å². The molecule has 0 saturated carbocycles. The van der Waals surface area contributed by atoms with E-state index < -0.39 is 0 Å². The summed E-state index contributed by atoms with van der Waals surface area (Å²) in [5.74, 6) is 0.503. The molecule has 1 aromatic rings. The molecule has 1 unspecified atom stereocenters. The van der Waals surface area contributed by atoms with Crippen molar-refractivity contribution in [2.75, 3.05) is 13.6 Å². The highest BCUT2D eigenvalue weighted by Crippen LogP contribution is 2.26. The van der Waals surface area contributed by atoms with Gasteiger partial charge in [0.15, 0.2) is 0 Å². The lowest BCUT2D eigenvalue weighted by Gasteiger charge is -2.26. The molecule has 1 atom stereocenters. The molecule has 2 rings (SSSR count). The molecule has 106 valence electrons. The predicted molar refractivity (Wildman–Crippen MR) is 77.9 cm³/mol. The van der Waals surface area contributed by atoms with Gasteiger partial charge in [0.05, 0.1) is 11.6 Å². The number of carbonyl (C=O) groups is 1. The van der Waals surface area contributed by atoms with Crippen LogP contribution in [0.15, 0.2) is 18.2 Å². The van der Waals surface area contributed by atoms with Gasteiger partial charge < -0.3 is 9.80 Å². The molecule has 1 aliphatic heterocycles. The topological polar surface area (TPSA) is 47.3 Å². The third-order valence-corrected chi connectivity index (χ3v) is 3.98. The first-order chi connectivity index (χ1) is 9.56. The molecule has 1 aliphatic rings. The van der Waals surface area contributed by atoms with Crippen molar-refractivity contribution < 1.29 is 4.79 Å². The number of nitriles is 1. The zero-order chi connectivity index (χ0) is 14.7. The molecule has 0 aromatic heterocycles. The number of hydrogen-bond acceptors (Lipinski definition) is 2. The van der Waals surface area contributed by atoms with Crippen LogP contribution in [0.2, 0.25) is 0 Å². The third kappa shape index (κ3) is 2.77. The molecule has 1 heterocycles. The minimum atomic E-state index is 0.0467. The Hall–Kier alpha value is -2.02. The number of rotatable bonds is 3. The van der Waals surface area contributed by atoms with Crippen LogP contribution in [0.1, 0.15) is 37.0 Å². The predicted octanol–water partition coefficient (Wildman–Crippen LogP) is 2.97. The first-order valence-electron chi connectivity index (χ1n) is 7.07. The van der Waals surface area contributed by atoms with E-state index in [-0.39, 0.29) is 6.03 Å². The summed E-state index contributed by atoms with van der Waals surface area (Å²) in [7, 11) is 1.85. The van der Waals surface area contributed by atoms with Gasteiger partial charge in [0.25, 0.3) is 0 Å². The second kappa shape index (κ2) is 5.96. The van der Waals surface area contributed by atoms with Gasteiger partial charge in [0, 0.05) is 26.7 Å². The van der Waals surface area contributed by atoms with Gasteiger partial charge >= 0.3 is 6.03 Å². The van der Waals surface area contributed by atoms with E-state index in [9.17, 15) is 4.79 Å². The monoisotopic (exact) mass is 271 g/mol. The molecule has 4 heteroatoms. The van der Waals surface area contributed by atoms with Crippen LogP contribution in [0, 0.1) is 17.2 Å². The Kier molecular flexibility index (Phi) is 4.29. The van der Waals surface area contributed by atoms with Crippen molar-refractivity contribution in [3.63, 3.8) is 0 Å². The van der Waals surface area contributed by atoms with Crippen molar-refractivity contribution >= 4 is 6.03 Å². The second-order valence-electron chi connectivity index (χ2n) is 5.59. The van der Waals surface area contributed by atoms with E-state index in [1.165, 1.54) is 0 Å². The molecular formula is C16H21N3O. The molecular weight excluding hydrogens is 250 g/mol. The van der Waals surface area contributed by atoms with Crippen LogP contribution >= 0.6 is 0 Å². The number of hydrogen-bond donors (Lipinski definition) is 0. The summed E-state index contributed by atoms with van der Waals surface area (Å²) in [5.41, 5.74) is 2.78. The summed E-state index contributed by atoms with van der Waals surface area (Å²) in [6, 6.07) is 7.95. The zero-order valence-corrected chi connectivity index (χ0v) is 12.4. The Bertz CT molecular complexity index is 547. The largest absolute Gasteiger partial charge is 0.327 e. The first-order valence-corrected chi connectivity index (χ1v) is 7.07. The summed E-state index contributed by atoms with van der Waals surface area (Å²) in [4.78, 5) is 16.0. The van der Waals surface area contributed by atoms with Gasteiger partial charge in [-0.05, 0) is 23.1 Å². The lowest BCUT2D eigenvalue weighted by atomic mass is 10.1. The maximum Gasteiger partial charge on any atom is 0.320 e. The van der Waals surface area contributed by atoms with Crippen molar-refractivity contribution in [3.05, 3.63) is 34.9 Å². The standard InChI is InChI=1S/C16H21N3O/c1-4-12(2)9-18(3)16(20)19-10-14-7-5-6-13(8-17)15(14)11-19/h5-7,12H,4,9-11H2,1-3H3. The van der Waals surface area contributed by atoms with Gasteiger partial charge in [-0.15, -0.1) is 0 Å². The van der Waals surface area contributed by atoms with Crippen LogP contribution in [0.4, 0.5) is 4.79 Å². The lowest BCUT2D eigenvalue weighted by molar-refractivity contribution is 0.156. The van der Waals surface area contributed by atoms with Gasteiger partial charge in [0.1, 0.15) is 0 Å². The van der Waals surface area contributed by atoms with Crippen molar-refractivity contribution in [1.82, 2.24) is 9.80 Å². The second-order valence-corrected chi connectivity index (χ2v) is 5.59. The first kappa shape index (κ1) is 14.4. The lowest BCUT2D eigenvalue weighted by Crippen LogP contribution is -2.40. The molecule has 20 heavy (non-hydrogen) atoms. The number of carbonyl (C=O) groups excluding carboxylic acids is 1. The number of nitrogens with zero attached hydrogens (tertiary/aromatic N) is 3. The molecule has 0 saturated heterocycles. The average Bonchev–Trinajstić information content (AvgIpc) is 2.89. The van der Waals surface area contributed by atoms with E-state index in [4.69, 9.17) is 5.26 Å². The number of benzene rings is 1. The molecule has 0 aliphatic carbocycles. The summed E-state index contributed by atoms with van der Waals surface area (Å²) in [6.07, 6.45) is 1.07. The van der Waals surface area contributed by atoms with Gasteiger partial charge in [-0.25, -0.2) is 4.79 Å². The van der Waals surface area contributed by atoms with E-state index in [1.807, 2.05) is 30.1 Å². The summed E-state index contributed by atoms with van der Waals surface area (Å²) >= 11 is 0. The molecule has 2 amide bonds. The molecule has 0 bridgehead atoms. The number of amides is 2. The number of fused-ring (bicyclic) bond motifs is 1. The van der Waals surface area contributed by atoms with Crippen LogP contribution in [-0.4, -0.2) is 29.4 Å². The Morgan fingerprint density at radius 3 is 2.90 bits per heavy atom. The Morgan fingerprint density at radius 2 is 2.25 bits per heavy atom. The fourth-order valence-electron chi connectivity index (χ4n) is 2.58. The van der Waals surface area contributed by atoms with Crippen LogP contribution in [0.25, 0.3) is 0 Å². The van der Waals surface area contributed by atoms with Gasteiger partial charge in [0.2, 0.25) is 0 Å². The zero-order valence-electron chi connectivity index (χ0n) is 12.4. The highest BCUT2D eigenvalue weighted by Gasteiger charge is 2.27. The normalized spacial score (nSPS) is 14.6. The molecule has 0 radical (unpaired) electrons. The fourth-order valence-corrected chi connectivity index (χ4v) is 2.58. The Morgan fingerprint density at radius 1 is 1.50 bits per heavy atom. The third-order valence-electron chi connectivity index (χ3n) is 3.98.